The number of aliphatic hydroxyl groups is 2. The summed E-state index contributed by atoms with van der Waals surface area (Å²) in [4.78, 5) is 12.4. The van der Waals surface area contributed by atoms with Crippen LogP contribution in [0.5, 0.6) is 0 Å². The minimum Gasteiger partial charge on any atom is -0.394 e. The molecule has 0 saturated carbocycles. The molecule has 0 fully saturated rings. The molecule has 0 aliphatic rings. The van der Waals surface area contributed by atoms with Crippen LogP contribution < -0.4 is 5.32 Å². The summed E-state index contributed by atoms with van der Waals surface area (Å²) >= 11 is 0. The van der Waals surface area contributed by atoms with Gasteiger partial charge in [-0.2, -0.15) is 0 Å². The molecule has 58 heavy (non-hydrogen) atoms. The van der Waals surface area contributed by atoms with Crippen LogP contribution in [-0.2, 0) is 4.79 Å². The molecule has 3 N–H and O–H groups in total. The first-order valence-electron chi connectivity index (χ1n) is 25.9. The van der Waals surface area contributed by atoms with Gasteiger partial charge in [0, 0.05) is 6.42 Å². The Hall–Kier alpha value is -1.65. The van der Waals surface area contributed by atoms with E-state index in [1.807, 2.05) is 6.08 Å². The molecular weight excluding hydrogens is 711 g/mol. The molecule has 0 radical (unpaired) electrons. The fraction of sp³-hybridized carbons (Fsp3) is 0.833. The highest BCUT2D eigenvalue weighted by atomic mass is 16.3. The summed E-state index contributed by atoms with van der Waals surface area (Å²) in [5.74, 6) is -0.0861. The van der Waals surface area contributed by atoms with Gasteiger partial charge in [-0.1, -0.05) is 242 Å². The highest BCUT2D eigenvalue weighted by Gasteiger charge is 2.17. The highest BCUT2D eigenvalue weighted by Crippen LogP contribution is 2.16. The molecule has 0 aliphatic heterocycles. The van der Waals surface area contributed by atoms with Crippen LogP contribution in [0.25, 0.3) is 0 Å². The van der Waals surface area contributed by atoms with Crippen molar-refractivity contribution in [3.05, 3.63) is 48.6 Å². The van der Waals surface area contributed by atoms with E-state index in [1.54, 1.807) is 6.08 Å². The summed E-state index contributed by atoms with van der Waals surface area (Å²) in [7, 11) is 0. The fourth-order valence-corrected chi connectivity index (χ4v) is 7.79. The van der Waals surface area contributed by atoms with Gasteiger partial charge in [-0.15, -0.1) is 0 Å². The van der Waals surface area contributed by atoms with Gasteiger partial charge < -0.3 is 15.5 Å². The fourth-order valence-electron chi connectivity index (χ4n) is 7.79. The zero-order chi connectivity index (χ0) is 42.1. The van der Waals surface area contributed by atoms with Crippen molar-refractivity contribution in [1.82, 2.24) is 5.32 Å². The van der Waals surface area contributed by atoms with Gasteiger partial charge in [0.15, 0.2) is 0 Å². The Labute approximate surface area is 363 Å². The van der Waals surface area contributed by atoms with Gasteiger partial charge in [-0.05, 0) is 70.6 Å². The largest absolute Gasteiger partial charge is 0.394 e. The maximum Gasteiger partial charge on any atom is 0.220 e. The second-order valence-electron chi connectivity index (χ2n) is 17.6. The van der Waals surface area contributed by atoms with E-state index in [0.717, 1.165) is 51.4 Å². The van der Waals surface area contributed by atoms with E-state index in [4.69, 9.17) is 0 Å². The third-order valence-corrected chi connectivity index (χ3v) is 11.8. The zero-order valence-electron chi connectivity index (χ0n) is 39.1. The second-order valence-corrected chi connectivity index (χ2v) is 17.6. The predicted molar refractivity (Wildman–Crippen MR) is 258 cm³/mol. The Kier molecular flexibility index (Phi) is 48.3. The third-order valence-electron chi connectivity index (χ3n) is 11.8. The molecule has 0 aromatic carbocycles. The van der Waals surface area contributed by atoms with E-state index in [-0.39, 0.29) is 12.5 Å². The molecule has 0 spiro atoms. The summed E-state index contributed by atoms with van der Waals surface area (Å²) in [5.41, 5.74) is 0. The van der Waals surface area contributed by atoms with Gasteiger partial charge in [0.25, 0.3) is 0 Å². The molecule has 0 aromatic rings. The Bertz CT molecular complexity index is 923. The maximum atomic E-state index is 12.4. The smallest absolute Gasteiger partial charge is 0.220 e. The van der Waals surface area contributed by atoms with Crippen molar-refractivity contribution < 1.29 is 15.0 Å². The first kappa shape index (κ1) is 56.4. The van der Waals surface area contributed by atoms with Crippen molar-refractivity contribution in [2.75, 3.05) is 6.61 Å². The number of hydrogen-bond acceptors (Lipinski definition) is 3. The minimum atomic E-state index is -0.874. The molecule has 340 valence electrons. The molecule has 4 nitrogen and oxygen atoms in total. The minimum absolute atomic E-state index is 0.0861. The molecule has 0 heterocycles. The first-order valence-corrected chi connectivity index (χ1v) is 25.9. The second kappa shape index (κ2) is 49.7. The summed E-state index contributed by atoms with van der Waals surface area (Å²) in [6.07, 6.45) is 68.4. The van der Waals surface area contributed by atoms with Crippen LogP contribution in [0.15, 0.2) is 48.6 Å². The van der Waals surface area contributed by atoms with Crippen molar-refractivity contribution in [3.8, 4) is 0 Å². The lowest BCUT2D eigenvalue weighted by atomic mass is 10.0. The molecule has 4 heteroatoms. The maximum absolute atomic E-state index is 12.4. The van der Waals surface area contributed by atoms with Gasteiger partial charge >= 0.3 is 0 Å². The molecule has 2 atom stereocenters. The Morgan fingerprint density at radius 2 is 0.672 bits per heavy atom. The van der Waals surface area contributed by atoms with Crippen molar-refractivity contribution in [1.29, 1.82) is 0 Å². The quantitative estimate of drug-likeness (QED) is 0.0423. The van der Waals surface area contributed by atoms with Gasteiger partial charge in [-0.3, -0.25) is 4.79 Å². The number of rotatable bonds is 47. The van der Waals surface area contributed by atoms with E-state index >= 15 is 0 Å². The number of carbonyl (C=O) groups is 1. The lowest BCUT2D eigenvalue weighted by Crippen LogP contribution is -2.45. The van der Waals surface area contributed by atoms with Crippen LogP contribution >= 0.6 is 0 Å². The number of hydrogen-bond donors (Lipinski definition) is 3. The Morgan fingerprint density at radius 1 is 0.397 bits per heavy atom. The number of amides is 1. The Balaban J connectivity index is 3.56. The summed E-state index contributed by atoms with van der Waals surface area (Å²) < 4.78 is 0. The zero-order valence-corrected chi connectivity index (χ0v) is 39.1. The predicted octanol–water partition coefficient (Wildman–Crippen LogP) is 16.7. The van der Waals surface area contributed by atoms with Crippen LogP contribution in [0.2, 0.25) is 0 Å². The number of allylic oxidation sites excluding steroid dienone is 7. The van der Waals surface area contributed by atoms with Crippen molar-refractivity contribution in [2.45, 2.75) is 283 Å². The standard InChI is InChI=1S/C54H101NO3/c1-3-5-7-9-11-13-15-17-19-20-21-22-23-24-25-26-27-28-29-30-31-32-33-34-36-37-39-41-43-45-47-49-53(57)52(51-56)55-54(58)50-48-46-44-42-40-38-35-18-16-14-12-10-8-6-4-2/h18,33-35,39,41,47,49,52-53,56-57H,3-17,19-32,36-38,40,42-46,48,50-51H2,1-2H3,(H,55,58)/b34-33+,35-18-,41-39+,49-47+. The summed E-state index contributed by atoms with van der Waals surface area (Å²) in [6.45, 7) is 4.30. The van der Waals surface area contributed by atoms with Crippen LogP contribution in [0.3, 0.4) is 0 Å². The number of aliphatic hydroxyl groups excluding tert-OH is 2. The van der Waals surface area contributed by atoms with Crippen molar-refractivity contribution in [3.63, 3.8) is 0 Å². The number of nitrogens with one attached hydrogen (secondary N) is 1. The summed E-state index contributed by atoms with van der Waals surface area (Å²) in [5, 5.41) is 23.0. The van der Waals surface area contributed by atoms with Crippen LogP contribution in [0, 0.1) is 0 Å². The molecule has 0 aromatic heterocycles. The van der Waals surface area contributed by atoms with E-state index in [9.17, 15) is 15.0 Å². The SMILES string of the molecule is CCCCCCCC/C=C\CCCCCCCC(=O)NC(CO)C(O)/C=C/CC/C=C/CC/C=C/CCCCCCCCCCCCCCCCCCCCCCC. The average molecular weight is 812 g/mol. The highest BCUT2D eigenvalue weighted by molar-refractivity contribution is 5.76. The molecular formula is C54H101NO3. The summed E-state index contributed by atoms with van der Waals surface area (Å²) in [6, 6.07) is -0.650. The van der Waals surface area contributed by atoms with Crippen molar-refractivity contribution >= 4 is 5.91 Å². The molecule has 1 amide bonds. The van der Waals surface area contributed by atoms with Gasteiger partial charge in [-0.25, -0.2) is 0 Å². The number of unbranched alkanes of at least 4 members (excludes halogenated alkanes) is 34. The normalized spacial score (nSPS) is 13.2. The van der Waals surface area contributed by atoms with Crippen molar-refractivity contribution in [2.24, 2.45) is 0 Å². The number of carbonyl (C=O) groups excluding carboxylic acids is 1. The third kappa shape index (κ3) is 45.4. The van der Waals surface area contributed by atoms with Crippen LogP contribution in [0.4, 0.5) is 0 Å². The monoisotopic (exact) mass is 812 g/mol. The molecule has 0 rings (SSSR count). The lowest BCUT2D eigenvalue weighted by molar-refractivity contribution is -0.123. The Morgan fingerprint density at radius 3 is 1.00 bits per heavy atom. The van der Waals surface area contributed by atoms with Crippen LogP contribution in [0.1, 0.15) is 271 Å². The van der Waals surface area contributed by atoms with Gasteiger partial charge in [0.2, 0.25) is 5.91 Å². The molecule has 0 aliphatic carbocycles. The molecule has 2 unspecified atom stereocenters. The van der Waals surface area contributed by atoms with E-state index in [0.29, 0.717) is 6.42 Å². The lowest BCUT2D eigenvalue weighted by Gasteiger charge is -2.19. The van der Waals surface area contributed by atoms with E-state index < -0.39 is 12.1 Å². The van der Waals surface area contributed by atoms with Crippen LogP contribution in [-0.4, -0.2) is 34.9 Å². The van der Waals surface area contributed by atoms with Gasteiger partial charge in [0.05, 0.1) is 18.8 Å². The average Bonchev–Trinajstić information content (AvgIpc) is 3.23. The first-order chi connectivity index (χ1) is 28.7. The molecule has 0 bridgehead atoms. The van der Waals surface area contributed by atoms with E-state index in [2.05, 4.69) is 55.6 Å². The van der Waals surface area contributed by atoms with E-state index in [1.165, 1.54) is 199 Å². The van der Waals surface area contributed by atoms with Gasteiger partial charge in [0.1, 0.15) is 0 Å². The topological polar surface area (TPSA) is 69.6 Å². The molecule has 0 saturated heterocycles.